The molecular formula is C17H16N4O2. The molecule has 6 nitrogen and oxygen atoms in total. The predicted molar refractivity (Wildman–Crippen MR) is 82.9 cm³/mol. The lowest BCUT2D eigenvalue weighted by molar-refractivity contribution is 0.0564. The third-order valence-corrected chi connectivity index (χ3v) is 4.04. The van der Waals surface area contributed by atoms with Crippen LogP contribution in [0.3, 0.4) is 0 Å². The fourth-order valence-electron chi connectivity index (χ4n) is 2.74. The Morgan fingerprint density at radius 1 is 1.22 bits per heavy atom. The summed E-state index contributed by atoms with van der Waals surface area (Å²) in [6, 6.07) is 9.45. The molecule has 1 aliphatic heterocycles. The van der Waals surface area contributed by atoms with Gasteiger partial charge in [0.05, 0.1) is 12.9 Å². The van der Waals surface area contributed by atoms with Gasteiger partial charge in [0.25, 0.3) is 5.91 Å². The van der Waals surface area contributed by atoms with Crippen LogP contribution in [0, 0.1) is 0 Å². The molecule has 0 radical (unpaired) electrons. The molecule has 23 heavy (non-hydrogen) atoms. The van der Waals surface area contributed by atoms with E-state index in [1.54, 1.807) is 29.7 Å². The van der Waals surface area contributed by atoms with Crippen molar-refractivity contribution in [3.05, 3.63) is 72.5 Å². The molecule has 0 unspecified atom stereocenters. The van der Waals surface area contributed by atoms with Gasteiger partial charge in [-0.3, -0.25) is 9.78 Å². The number of hydrogen-bond donors (Lipinski definition) is 0. The minimum absolute atomic E-state index is 0.0611. The van der Waals surface area contributed by atoms with Crippen LogP contribution in [0.2, 0.25) is 0 Å². The highest BCUT2D eigenvalue weighted by Gasteiger charge is 2.34. The van der Waals surface area contributed by atoms with Crippen LogP contribution in [0.25, 0.3) is 0 Å². The second-order valence-corrected chi connectivity index (χ2v) is 5.66. The maximum absolute atomic E-state index is 12.4. The van der Waals surface area contributed by atoms with E-state index in [1.165, 1.54) is 0 Å². The number of rotatable bonds is 4. The predicted octanol–water partition coefficient (Wildman–Crippen LogP) is 2.16. The maximum atomic E-state index is 12.4. The molecular weight excluding hydrogens is 292 g/mol. The molecule has 0 aromatic carbocycles. The van der Waals surface area contributed by atoms with E-state index in [0.717, 1.165) is 11.5 Å². The molecule has 0 aliphatic carbocycles. The SMILES string of the molecule is O=C(c1ccc(Cn2ccnc2)o1)N1CC(c2ccccn2)C1. The number of pyridine rings is 1. The van der Waals surface area contributed by atoms with E-state index in [2.05, 4.69) is 9.97 Å². The van der Waals surface area contributed by atoms with E-state index in [0.29, 0.717) is 31.3 Å². The zero-order valence-corrected chi connectivity index (χ0v) is 12.5. The van der Waals surface area contributed by atoms with E-state index in [9.17, 15) is 4.79 Å². The Labute approximate surface area is 133 Å². The summed E-state index contributed by atoms with van der Waals surface area (Å²) in [6.45, 7) is 1.95. The van der Waals surface area contributed by atoms with Crippen molar-refractivity contribution in [2.24, 2.45) is 0 Å². The summed E-state index contributed by atoms with van der Waals surface area (Å²) in [7, 11) is 0. The number of likely N-dealkylation sites (tertiary alicyclic amines) is 1. The Morgan fingerprint density at radius 2 is 2.13 bits per heavy atom. The van der Waals surface area contributed by atoms with E-state index in [4.69, 9.17) is 4.42 Å². The Kier molecular flexibility index (Phi) is 3.42. The van der Waals surface area contributed by atoms with E-state index in [-0.39, 0.29) is 5.91 Å². The fraction of sp³-hybridized carbons (Fsp3) is 0.235. The normalized spacial score (nSPS) is 14.7. The van der Waals surface area contributed by atoms with Crippen molar-refractivity contribution >= 4 is 5.91 Å². The van der Waals surface area contributed by atoms with Gasteiger partial charge in [0.2, 0.25) is 0 Å². The molecule has 0 saturated carbocycles. The number of carbonyl (C=O) groups excluding carboxylic acids is 1. The number of hydrogen-bond acceptors (Lipinski definition) is 4. The third-order valence-electron chi connectivity index (χ3n) is 4.04. The lowest BCUT2D eigenvalue weighted by Crippen LogP contribution is -2.48. The number of amides is 1. The summed E-state index contributed by atoms with van der Waals surface area (Å²) in [4.78, 5) is 22.5. The Morgan fingerprint density at radius 3 is 2.87 bits per heavy atom. The highest BCUT2D eigenvalue weighted by Crippen LogP contribution is 2.27. The van der Waals surface area contributed by atoms with Crippen LogP contribution in [0.15, 0.2) is 59.7 Å². The fourth-order valence-corrected chi connectivity index (χ4v) is 2.74. The first kappa shape index (κ1) is 13.8. The zero-order valence-electron chi connectivity index (χ0n) is 12.5. The van der Waals surface area contributed by atoms with Crippen LogP contribution in [0.1, 0.15) is 27.9 Å². The van der Waals surface area contributed by atoms with Crippen molar-refractivity contribution in [2.75, 3.05) is 13.1 Å². The average molecular weight is 308 g/mol. The van der Waals surface area contributed by atoms with E-state index < -0.39 is 0 Å². The molecule has 4 heterocycles. The Balaban J connectivity index is 1.38. The molecule has 0 atom stereocenters. The van der Waals surface area contributed by atoms with Gasteiger partial charge >= 0.3 is 0 Å². The summed E-state index contributed by atoms with van der Waals surface area (Å²) in [5.74, 6) is 1.39. The van der Waals surface area contributed by atoms with Gasteiger partial charge in [-0.2, -0.15) is 0 Å². The first-order valence-corrected chi connectivity index (χ1v) is 7.54. The molecule has 1 saturated heterocycles. The minimum atomic E-state index is -0.0611. The smallest absolute Gasteiger partial charge is 0.289 e. The first-order chi connectivity index (χ1) is 11.3. The van der Waals surface area contributed by atoms with E-state index >= 15 is 0 Å². The topological polar surface area (TPSA) is 64.2 Å². The number of nitrogens with zero attached hydrogens (tertiary/aromatic N) is 4. The van der Waals surface area contributed by atoms with Gasteiger partial charge < -0.3 is 13.9 Å². The molecule has 3 aromatic heterocycles. The summed E-state index contributed by atoms with van der Waals surface area (Å²) in [6.07, 6.45) is 7.08. The lowest BCUT2D eigenvalue weighted by atomic mass is 9.95. The standard InChI is InChI=1S/C17H16N4O2/c22-17(21-9-13(10-21)15-3-1-2-6-19-15)16-5-4-14(23-16)11-20-8-7-18-12-20/h1-8,12-13H,9-11H2. The van der Waals surface area contributed by atoms with Crippen LogP contribution in [-0.4, -0.2) is 38.4 Å². The van der Waals surface area contributed by atoms with Crippen molar-refractivity contribution in [3.8, 4) is 0 Å². The molecule has 4 rings (SSSR count). The third kappa shape index (κ3) is 2.75. The number of carbonyl (C=O) groups is 1. The van der Waals surface area contributed by atoms with Gasteiger partial charge in [0.1, 0.15) is 5.76 Å². The molecule has 116 valence electrons. The van der Waals surface area contributed by atoms with Crippen LogP contribution in [0.4, 0.5) is 0 Å². The minimum Gasteiger partial charge on any atom is -0.454 e. The Bertz CT molecular complexity index is 789. The van der Waals surface area contributed by atoms with Crippen LogP contribution in [0.5, 0.6) is 0 Å². The van der Waals surface area contributed by atoms with Gasteiger partial charge in [0, 0.05) is 43.3 Å². The van der Waals surface area contributed by atoms with Crippen molar-refractivity contribution in [1.82, 2.24) is 19.4 Å². The molecule has 1 fully saturated rings. The largest absolute Gasteiger partial charge is 0.454 e. The van der Waals surface area contributed by atoms with Gasteiger partial charge in [-0.15, -0.1) is 0 Å². The number of aromatic nitrogens is 3. The zero-order chi connectivity index (χ0) is 15.6. The van der Waals surface area contributed by atoms with E-state index in [1.807, 2.05) is 35.0 Å². The summed E-state index contributed by atoms with van der Waals surface area (Å²) < 4.78 is 7.56. The maximum Gasteiger partial charge on any atom is 0.289 e. The molecule has 1 aliphatic rings. The summed E-state index contributed by atoms with van der Waals surface area (Å²) in [5, 5.41) is 0. The van der Waals surface area contributed by atoms with Gasteiger partial charge in [-0.05, 0) is 24.3 Å². The molecule has 0 spiro atoms. The van der Waals surface area contributed by atoms with Crippen molar-refractivity contribution in [3.63, 3.8) is 0 Å². The van der Waals surface area contributed by atoms with Crippen LogP contribution >= 0.6 is 0 Å². The van der Waals surface area contributed by atoms with Crippen molar-refractivity contribution in [2.45, 2.75) is 12.5 Å². The van der Waals surface area contributed by atoms with Crippen molar-refractivity contribution < 1.29 is 9.21 Å². The highest BCUT2D eigenvalue weighted by atomic mass is 16.4. The molecule has 6 heteroatoms. The molecule has 3 aromatic rings. The van der Waals surface area contributed by atoms with Crippen molar-refractivity contribution in [1.29, 1.82) is 0 Å². The number of furan rings is 1. The summed E-state index contributed by atoms with van der Waals surface area (Å²) in [5.41, 5.74) is 1.04. The van der Waals surface area contributed by atoms with Gasteiger partial charge in [-0.1, -0.05) is 6.07 Å². The molecule has 0 bridgehead atoms. The lowest BCUT2D eigenvalue weighted by Gasteiger charge is -2.38. The van der Waals surface area contributed by atoms with Gasteiger partial charge in [-0.25, -0.2) is 4.98 Å². The van der Waals surface area contributed by atoms with Crippen LogP contribution in [-0.2, 0) is 6.54 Å². The summed E-state index contributed by atoms with van der Waals surface area (Å²) >= 11 is 0. The molecule has 0 N–H and O–H groups in total. The van der Waals surface area contributed by atoms with Gasteiger partial charge in [0.15, 0.2) is 5.76 Å². The molecule has 1 amide bonds. The average Bonchev–Trinajstić information content (AvgIpc) is 3.19. The first-order valence-electron chi connectivity index (χ1n) is 7.54. The Hall–Kier alpha value is -2.89. The number of imidazole rings is 1. The second-order valence-electron chi connectivity index (χ2n) is 5.66. The highest BCUT2D eigenvalue weighted by molar-refractivity contribution is 5.92. The quantitative estimate of drug-likeness (QED) is 0.741. The second kappa shape index (κ2) is 5.72. The van der Waals surface area contributed by atoms with Crippen LogP contribution < -0.4 is 0 Å². The monoisotopic (exact) mass is 308 g/mol.